The summed E-state index contributed by atoms with van der Waals surface area (Å²) in [5.41, 5.74) is 3.13. The summed E-state index contributed by atoms with van der Waals surface area (Å²) in [6, 6.07) is 5.88. The maximum Gasteiger partial charge on any atom is 0.251 e. The first-order chi connectivity index (χ1) is 10.2. The molecule has 0 fully saturated rings. The Morgan fingerprint density at radius 3 is 3.19 bits per heavy atom. The minimum Gasteiger partial charge on any atom is -0.385 e. The average molecular weight is 284 g/mol. The zero-order chi connectivity index (χ0) is 14.7. The van der Waals surface area contributed by atoms with Gasteiger partial charge in [-0.3, -0.25) is 4.79 Å². The second kappa shape index (κ2) is 5.99. The molecule has 2 heterocycles. The van der Waals surface area contributed by atoms with Crippen molar-refractivity contribution in [1.29, 1.82) is 0 Å². The van der Waals surface area contributed by atoms with Crippen molar-refractivity contribution < 1.29 is 4.79 Å². The van der Waals surface area contributed by atoms with Gasteiger partial charge in [-0.2, -0.15) is 0 Å². The van der Waals surface area contributed by atoms with E-state index in [1.54, 1.807) is 6.20 Å². The summed E-state index contributed by atoms with van der Waals surface area (Å²) < 4.78 is 1.97. The predicted molar refractivity (Wildman–Crippen MR) is 82.5 cm³/mol. The first-order valence-electron chi connectivity index (χ1n) is 7.35. The van der Waals surface area contributed by atoms with Crippen molar-refractivity contribution in [3.63, 3.8) is 0 Å². The number of hydrogen-bond acceptors (Lipinski definition) is 3. The van der Waals surface area contributed by atoms with Gasteiger partial charge in [-0.1, -0.05) is 0 Å². The SMILES string of the molecule is Cn1ccnc1CCNC(=O)c1ccc2c(c1)CCCN2. The quantitative estimate of drug-likeness (QED) is 0.899. The van der Waals surface area contributed by atoms with Gasteiger partial charge in [0.25, 0.3) is 5.91 Å². The Hall–Kier alpha value is -2.30. The van der Waals surface area contributed by atoms with Gasteiger partial charge in [-0.25, -0.2) is 4.98 Å². The van der Waals surface area contributed by atoms with E-state index in [9.17, 15) is 4.79 Å². The van der Waals surface area contributed by atoms with Crippen LogP contribution in [0.2, 0.25) is 0 Å². The zero-order valence-corrected chi connectivity index (χ0v) is 12.2. The highest BCUT2D eigenvalue weighted by Crippen LogP contribution is 2.22. The number of anilines is 1. The number of imidazole rings is 1. The number of nitrogens with one attached hydrogen (secondary N) is 2. The molecule has 0 atom stereocenters. The molecule has 110 valence electrons. The number of aromatic nitrogens is 2. The molecule has 0 saturated carbocycles. The topological polar surface area (TPSA) is 59.0 Å². The third-order valence-corrected chi connectivity index (χ3v) is 3.86. The second-order valence-corrected chi connectivity index (χ2v) is 5.36. The molecule has 0 unspecified atom stereocenters. The second-order valence-electron chi connectivity index (χ2n) is 5.36. The number of aryl methyl sites for hydroxylation is 2. The minimum absolute atomic E-state index is 0.0161. The molecule has 2 N–H and O–H groups in total. The summed E-state index contributed by atoms with van der Waals surface area (Å²) in [6.07, 6.45) is 6.58. The molecule has 2 aromatic rings. The van der Waals surface area contributed by atoms with E-state index in [4.69, 9.17) is 0 Å². The monoisotopic (exact) mass is 284 g/mol. The van der Waals surface area contributed by atoms with E-state index >= 15 is 0 Å². The molecule has 3 rings (SSSR count). The molecular formula is C16H20N4O. The molecule has 0 saturated heterocycles. The van der Waals surface area contributed by atoms with Crippen molar-refractivity contribution in [2.45, 2.75) is 19.3 Å². The molecular weight excluding hydrogens is 264 g/mol. The van der Waals surface area contributed by atoms with E-state index in [0.717, 1.165) is 42.9 Å². The highest BCUT2D eigenvalue weighted by molar-refractivity contribution is 5.94. The standard InChI is InChI=1S/C16H20N4O/c1-20-10-9-18-15(20)6-8-19-16(21)13-4-5-14-12(11-13)3-2-7-17-14/h4-5,9-11,17H,2-3,6-8H2,1H3,(H,19,21). The predicted octanol–water partition coefficient (Wildman–Crippen LogP) is 1.75. The van der Waals surface area contributed by atoms with Crippen molar-refractivity contribution in [3.05, 3.63) is 47.5 Å². The Kier molecular flexibility index (Phi) is 3.90. The van der Waals surface area contributed by atoms with E-state index in [1.165, 1.54) is 5.56 Å². The van der Waals surface area contributed by atoms with Crippen LogP contribution in [0.3, 0.4) is 0 Å². The number of fused-ring (bicyclic) bond motifs is 1. The van der Waals surface area contributed by atoms with Gasteiger partial charge in [0.05, 0.1) is 0 Å². The van der Waals surface area contributed by atoms with Crippen LogP contribution in [0.25, 0.3) is 0 Å². The fourth-order valence-corrected chi connectivity index (χ4v) is 2.64. The van der Waals surface area contributed by atoms with Gasteiger partial charge in [0.2, 0.25) is 0 Å². The number of carbonyl (C=O) groups is 1. The Bertz CT molecular complexity index is 647. The zero-order valence-electron chi connectivity index (χ0n) is 12.2. The lowest BCUT2D eigenvalue weighted by Crippen LogP contribution is -2.26. The number of amides is 1. The summed E-state index contributed by atoms with van der Waals surface area (Å²) in [7, 11) is 1.96. The maximum absolute atomic E-state index is 12.2. The number of rotatable bonds is 4. The molecule has 1 aromatic heterocycles. The first kappa shape index (κ1) is 13.7. The minimum atomic E-state index is -0.0161. The molecule has 5 nitrogen and oxygen atoms in total. The Balaban J connectivity index is 1.59. The van der Waals surface area contributed by atoms with Crippen molar-refractivity contribution >= 4 is 11.6 Å². The van der Waals surface area contributed by atoms with Gasteiger partial charge in [0, 0.05) is 50.2 Å². The Morgan fingerprint density at radius 1 is 1.48 bits per heavy atom. The molecule has 0 bridgehead atoms. The van der Waals surface area contributed by atoms with Crippen molar-refractivity contribution in [2.24, 2.45) is 7.05 Å². The number of hydrogen-bond donors (Lipinski definition) is 2. The van der Waals surface area contributed by atoms with E-state index in [-0.39, 0.29) is 5.91 Å². The van der Waals surface area contributed by atoms with Crippen LogP contribution in [0.5, 0.6) is 0 Å². The highest BCUT2D eigenvalue weighted by atomic mass is 16.1. The third kappa shape index (κ3) is 3.07. The van der Waals surface area contributed by atoms with Crippen molar-refractivity contribution in [3.8, 4) is 0 Å². The summed E-state index contributed by atoms with van der Waals surface area (Å²) in [6.45, 7) is 1.61. The Labute approximate surface area is 124 Å². The van der Waals surface area contributed by atoms with Crippen LogP contribution in [0.4, 0.5) is 5.69 Å². The molecule has 1 aliphatic heterocycles. The van der Waals surface area contributed by atoms with Crippen LogP contribution in [-0.2, 0) is 19.9 Å². The molecule has 0 spiro atoms. The number of benzene rings is 1. The molecule has 5 heteroatoms. The molecule has 1 aromatic carbocycles. The highest BCUT2D eigenvalue weighted by Gasteiger charge is 2.12. The normalized spacial score (nSPS) is 13.4. The lowest BCUT2D eigenvalue weighted by atomic mass is 10.0. The molecule has 1 aliphatic rings. The summed E-state index contributed by atoms with van der Waals surface area (Å²) in [4.78, 5) is 16.4. The van der Waals surface area contributed by atoms with Gasteiger partial charge < -0.3 is 15.2 Å². The van der Waals surface area contributed by atoms with E-state index in [2.05, 4.69) is 15.6 Å². The maximum atomic E-state index is 12.2. The summed E-state index contributed by atoms with van der Waals surface area (Å²) in [5.74, 6) is 0.961. The van der Waals surface area contributed by atoms with Crippen LogP contribution in [0, 0.1) is 0 Å². The lowest BCUT2D eigenvalue weighted by molar-refractivity contribution is 0.0954. The summed E-state index contributed by atoms with van der Waals surface area (Å²) in [5, 5.41) is 6.31. The van der Waals surface area contributed by atoms with Crippen molar-refractivity contribution in [2.75, 3.05) is 18.4 Å². The van der Waals surface area contributed by atoms with Gasteiger partial charge in [0.1, 0.15) is 5.82 Å². The fraction of sp³-hybridized carbons (Fsp3) is 0.375. The van der Waals surface area contributed by atoms with Gasteiger partial charge in [-0.15, -0.1) is 0 Å². The lowest BCUT2D eigenvalue weighted by Gasteiger charge is -2.18. The third-order valence-electron chi connectivity index (χ3n) is 3.86. The van der Waals surface area contributed by atoms with Gasteiger partial charge in [-0.05, 0) is 36.6 Å². The molecule has 21 heavy (non-hydrogen) atoms. The number of nitrogens with zero attached hydrogens (tertiary/aromatic N) is 2. The number of carbonyl (C=O) groups excluding carboxylic acids is 1. The van der Waals surface area contributed by atoms with Crippen LogP contribution in [0.15, 0.2) is 30.6 Å². The van der Waals surface area contributed by atoms with E-state index in [0.29, 0.717) is 6.54 Å². The van der Waals surface area contributed by atoms with Gasteiger partial charge >= 0.3 is 0 Å². The smallest absolute Gasteiger partial charge is 0.251 e. The molecule has 0 aliphatic carbocycles. The Morgan fingerprint density at radius 2 is 2.38 bits per heavy atom. The van der Waals surface area contributed by atoms with Crippen LogP contribution in [-0.4, -0.2) is 28.5 Å². The first-order valence-corrected chi connectivity index (χ1v) is 7.35. The van der Waals surface area contributed by atoms with Gasteiger partial charge in [0.15, 0.2) is 0 Å². The largest absolute Gasteiger partial charge is 0.385 e. The van der Waals surface area contributed by atoms with E-state index in [1.807, 2.05) is 36.0 Å². The molecule has 1 amide bonds. The van der Waals surface area contributed by atoms with Crippen LogP contribution in [0.1, 0.15) is 28.2 Å². The van der Waals surface area contributed by atoms with Crippen LogP contribution < -0.4 is 10.6 Å². The average Bonchev–Trinajstić information content (AvgIpc) is 2.92. The van der Waals surface area contributed by atoms with Crippen molar-refractivity contribution in [1.82, 2.24) is 14.9 Å². The fourth-order valence-electron chi connectivity index (χ4n) is 2.64. The van der Waals surface area contributed by atoms with Crippen LogP contribution >= 0.6 is 0 Å². The van der Waals surface area contributed by atoms with E-state index < -0.39 is 0 Å². The molecule has 0 radical (unpaired) electrons. The summed E-state index contributed by atoms with van der Waals surface area (Å²) >= 11 is 0.